The first-order valence-corrected chi connectivity index (χ1v) is 12.8. The molecule has 4 aromatic rings. The summed E-state index contributed by atoms with van der Waals surface area (Å²) in [4.78, 5) is 29.7. The number of nitrogens with one attached hydrogen (secondary N) is 2. The van der Waals surface area contributed by atoms with Crippen LogP contribution >= 0.6 is 0 Å². The number of carbonyl (C=O) groups is 2. The second kappa shape index (κ2) is 9.26. The van der Waals surface area contributed by atoms with Gasteiger partial charge in [0.25, 0.3) is 0 Å². The molecule has 2 amide bonds. The van der Waals surface area contributed by atoms with Crippen molar-refractivity contribution in [2.24, 2.45) is 10.6 Å². The maximum atomic E-state index is 13.1. The summed E-state index contributed by atoms with van der Waals surface area (Å²) in [5.74, 6) is -0.357. The number of hydrogen-bond acceptors (Lipinski definition) is 6. The van der Waals surface area contributed by atoms with Crippen LogP contribution < -0.4 is 20.5 Å². The lowest BCUT2D eigenvalue weighted by molar-refractivity contribution is -0.131. The number of nitrogens with two attached hydrogens (primary N) is 1. The molecule has 1 aliphatic rings. The SMILES string of the molecule is NS(=O)(=O)c1ccc2c(Oc3ccc(NC(=O)C4(C(=O)Nc5ccc(F)cc5)CC4)cc3)ccnc2c1. The summed E-state index contributed by atoms with van der Waals surface area (Å²) in [5.41, 5.74) is 0.128. The Hall–Kier alpha value is -4.35. The number of primary sulfonamides is 1. The average molecular weight is 521 g/mol. The van der Waals surface area contributed by atoms with Gasteiger partial charge in [-0.1, -0.05) is 0 Å². The number of fused-ring (bicyclic) bond motifs is 1. The summed E-state index contributed by atoms with van der Waals surface area (Å²) in [6.07, 6.45) is 2.32. The lowest BCUT2D eigenvalue weighted by Crippen LogP contribution is -2.35. The maximum absolute atomic E-state index is 13.1. The number of hydrogen-bond donors (Lipinski definition) is 3. The number of nitrogens with zero attached hydrogens (tertiary/aromatic N) is 1. The van der Waals surface area contributed by atoms with Crippen molar-refractivity contribution in [1.82, 2.24) is 4.98 Å². The summed E-state index contributed by atoms with van der Waals surface area (Å²) < 4.78 is 42.3. The van der Waals surface area contributed by atoms with Crippen LogP contribution in [-0.4, -0.2) is 25.2 Å². The number of ether oxygens (including phenoxy) is 1. The standard InChI is InChI=1S/C26H21FN4O5S/c27-16-1-3-17(4-2-16)30-24(32)26(12-13-26)25(33)31-18-5-7-19(8-6-18)36-23-11-14-29-22-15-20(37(28,34)35)9-10-21(22)23/h1-11,14-15H,12-13H2,(H,30,32)(H,31,33)(H2,28,34,35). The van der Waals surface area contributed by atoms with E-state index in [9.17, 15) is 22.4 Å². The molecular weight excluding hydrogens is 499 g/mol. The molecule has 0 bridgehead atoms. The van der Waals surface area contributed by atoms with Gasteiger partial charge in [0.15, 0.2) is 0 Å². The summed E-state index contributed by atoms with van der Waals surface area (Å²) in [6, 6.07) is 17.9. The molecular formula is C26H21FN4O5S. The highest BCUT2D eigenvalue weighted by molar-refractivity contribution is 7.89. The van der Waals surface area contributed by atoms with E-state index in [0.29, 0.717) is 46.6 Å². The Labute approximate surface area is 211 Å². The number of pyridine rings is 1. The molecule has 4 N–H and O–H groups in total. The topological polar surface area (TPSA) is 140 Å². The summed E-state index contributed by atoms with van der Waals surface area (Å²) in [7, 11) is -3.86. The van der Waals surface area contributed by atoms with Gasteiger partial charge in [0.05, 0.1) is 10.4 Å². The Balaban J connectivity index is 1.26. The number of aromatic nitrogens is 1. The predicted molar refractivity (Wildman–Crippen MR) is 135 cm³/mol. The molecule has 11 heteroatoms. The van der Waals surface area contributed by atoms with Gasteiger partial charge in [-0.25, -0.2) is 17.9 Å². The molecule has 1 aliphatic carbocycles. The summed E-state index contributed by atoms with van der Waals surface area (Å²) in [6.45, 7) is 0. The van der Waals surface area contributed by atoms with Crippen molar-refractivity contribution in [2.45, 2.75) is 17.7 Å². The number of carbonyl (C=O) groups excluding carboxylic acids is 2. The van der Waals surface area contributed by atoms with Gasteiger partial charge in [-0.05, 0) is 85.6 Å². The number of sulfonamides is 1. The molecule has 0 saturated heterocycles. The van der Waals surface area contributed by atoms with E-state index in [1.165, 1.54) is 42.6 Å². The van der Waals surface area contributed by atoms with Crippen LogP contribution in [0.5, 0.6) is 11.5 Å². The van der Waals surface area contributed by atoms with Crippen molar-refractivity contribution < 1.29 is 27.1 Å². The number of amides is 2. The first-order valence-electron chi connectivity index (χ1n) is 11.2. The van der Waals surface area contributed by atoms with E-state index in [0.717, 1.165) is 0 Å². The predicted octanol–water partition coefficient (Wildman–Crippen LogP) is 4.17. The Morgan fingerprint density at radius 3 is 2.05 bits per heavy atom. The van der Waals surface area contributed by atoms with Crippen LogP contribution in [0.25, 0.3) is 10.9 Å². The fourth-order valence-electron chi connectivity index (χ4n) is 3.82. The Bertz CT molecular complexity index is 1620. The zero-order valence-electron chi connectivity index (χ0n) is 19.3. The van der Waals surface area contributed by atoms with Crippen LogP contribution in [0.1, 0.15) is 12.8 Å². The largest absolute Gasteiger partial charge is 0.457 e. The van der Waals surface area contributed by atoms with Crippen LogP contribution in [0.15, 0.2) is 83.9 Å². The first kappa shape index (κ1) is 24.3. The highest BCUT2D eigenvalue weighted by Crippen LogP contribution is 2.47. The van der Waals surface area contributed by atoms with Gasteiger partial charge in [0.2, 0.25) is 21.8 Å². The maximum Gasteiger partial charge on any atom is 0.240 e. The van der Waals surface area contributed by atoms with E-state index in [2.05, 4.69) is 15.6 Å². The van der Waals surface area contributed by atoms with Gasteiger partial charge in [-0.2, -0.15) is 0 Å². The third-order valence-corrected chi connectivity index (χ3v) is 6.98. The van der Waals surface area contributed by atoms with E-state index in [-0.39, 0.29) is 4.90 Å². The molecule has 1 saturated carbocycles. The first-order chi connectivity index (χ1) is 17.6. The van der Waals surface area contributed by atoms with Crippen molar-refractivity contribution in [3.8, 4) is 11.5 Å². The van der Waals surface area contributed by atoms with Crippen molar-refractivity contribution in [3.05, 3.63) is 84.8 Å². The molecule has 0 unspecified atom stereocenters. The van der Waals surface area contributed by atoms with E-state index in [1.54, 1.807) is 36.4 Å². The lowest BCUT2D eigenvalue weighted by Gasteiger charge is -2.16. The molecule has 0 atom stereocenters. The van der Waals surface area contributed by atoms with Crippen molar-refractivity contribution in [1.29, 1.82) is 0 Å². The molecule has 1 fully saturated rings. The zero-order valence-corrected chi connectivity index (χ0v) is 20.1. The van der Waals surface area contributed by atoms with Crippen LogP contribution in [0.2, 0.25) is 0 Å². The smallest absolute Gasteiger partial charge is 0.240 e. The quantitative estimate of drug-likeness (QED) is 0.313. The van der Waals surface area contributed by atoms with Crippen molar-refractivity contribution in [2.75, 3.05) is 10.6 Å². The highest BCUT2D eigenvalue weighted by Gasteiger charge is 2.56. The van der Waals surface area contributed by atoms with Gasteiger partial charge in [-0.3, -0.25) is 14.6 Å². The van der Waals surface area contributed by atoms with Gasteiger partial charge in [0, 0.05) is 23.0 Å². The molecule has 5 rings (SSSR count). The Morgan fingerprint density at radius 1 is 0.892 bits per heavy atom. The third kappa shape index (κ3) is 5.13. The van der Waals surface area contributed by atoms with Gasteiger partial charge in [0.1, 0.15) is 22.7 Å². The van der Waals surface area contributed by atoms with E-state index >= 15 is 0 Å². The highest BCUT2D eigenvalue weighted by atomic mass is 32.2. The van der Waals surface area contributed by atoms with Gasteiger partial charge < -0.3 is 15.4 Å². The van der Waals surface area contributed by atoms with E-state index in [4.69, 9.17) is 9.88 Å². The third-order valence-electron chi connectivity index (χ3n) is 6.06. The minimum Gasteiger partial charge on any atom is -0.457 e. The molecule has 0 aliphatic heterocycles. The fourth-order valence-corrected chi connectivity index (χ4v) is 4.35. The molecule has 0 spiro atoms. The number of anilines is 2. The second-order valence-corrected chi connectivity index (χ2v) is 10.2. The molecule has 188 valence electrons. The summed E-state index contributed by atoms with van der Waals surface area (Å²) in [5, 5.41) is 11.2. The van der Waals surface area contributed by atoms with Crippen LogP contribution in [0, 0.1) is 11.2 Å². The average Bonchev–Trinajstić information content (AvgIpc) is 3.68. The lowest BCUT2D eigenvalue weighted by atomic mass is 10.0. The molecule has 3 aromatic carbocycles. The number of benzene rings is 3. The van der Waals surface area contributed by atoms with Gasteiger partial charge >= 0.3 is 0 Å². The molecule has 37 heavy (non-hydrogen) atoms. The van der Waals surface area contributed by atoms with E-state index < -0.39 is 33.1 Å². The Kier molecular flexibility index (Phi) is 6.10. The van der Waals surface area contributed by atoms with Gasteiger partial charge in [-0.15, -0.1) is 0 Å². The van der Waals surface area contributed by atoms with Crippen molar-refractivity contribution in [3.63, 3.8) is 0 Å². The molecule has 9 nitrogen and oxygen atoms in total. The number of halogens is 1. The zero-order chi connectivity index (χ0) is 26.2. The van der Waals surface area contributed by atoms with Crippen LogP contribution in [-0.2, 0) is 19.6 Å². The van der Waals surface area contributed by atoms with Crippen molar-refractivity contribution >= 4 is 44.1 Å². The van der Waals surface area contributed by atoms with E-state index in [1.807, 2.05) is 0 Å². The normalized spacial score (nSPS) is 14.1. The Morgan fingerprint density at radius 2 is 1.49 bits per heavy atom. The number of rotatable bonds is 7. The van der Waals surface area contributed by atoms with Crippen LogP contribution in [0.4, 0.5) is 15.8 Å². The second-order valence-electron chi connectivity index (χ2n) is 8.66. The minimum absolute atomic E-state index is 0.0514. The molecule has 1 heterocycles. The monoisotopic (exact) mass is 520 g/mol. The molecule has 1 aromatic heterocycles. The molecule has 0 radical (unpaired) electrons. The minimum atomic E-state index is -3.86. The van der Waals surface area contributed by atoms with Crippen LogP contribution in [0.3, 0.4) is 0 Å². The fraction of sp³-hybridized carbons (Fsp3) is 0.115. The summed E-state index contributed by atoms with van der Waals surface area (Å²) >= 11 is 0.